The van der Waals surface area contributed by atoms with E-state index in [1.54, 1.807) is 0 Å². The van der Waals surface area contributed by atoms with Gasteiger partial charge < -0.3 is 21.1 Å². The molecule has 0 aliphatic heterocycles. The Morgan fingerprint density at radius 1 is 1.09 bits per heavy atom. The van der Waals surface area contributed by atoms with Gasteiger partial charge in [0.2, 0.25) is 5.91 Å². The van der Waals surface area contributed by atoms with Crippen LogP contribution < -0.4 is 16.4 Å². The number of nitrogens with two attached hydrogens (primary N) is 1. The van der Waals surface area contributed by atoms with Crippen LogP contribution in [0.2, 0.25) is 0 Å². The molecule has 6 heteroatoms. The molecule has 0 aromatic heterocycles. The van der Waals surface area contributed by atoms with Crippen molar-refractivity contribution in [3.05, 3.63) is 0 Å². The van der Waals surface area contributed by atoms with Gasteiger partial charge in [0.15, 0.2) is 0 Å². The van der Waals surface area contributed by atoms with Crippen molar-refractivity contribution in [3.8, 4) is 0 Å². The lowest BCUT2D eigenvalue weighted by Gasteiger charge is -2.35. The number of rotatable bonds is 2. The number of hydrogen-bond donors (Lipinski definition) is 3. The van der Waals surface area contributed by atoms with Crippen molar-refractivity contribution in [1.29, 1.82) is 0 Å². The van der Waals surface area contributed by atoms with E-state index >= 15 is 0 Å². The fraction of sp³-hybridized carbons (Fsp3) is 0.875. The minimum absolute atomic E-state index is 0.0235. The largest absolute Gasteiger partial charge is 0.444 e. The lowest BCUT2D eigenvalue weighted by Crippen LogP contribution is -2.54. The number of amides is 2. The van der Waals surface area contributed by atoms with Gasteiger partial charge in [0, 0.05) is 23.5 Å². The molecular weight excluding hydrogens is 282 g/mol. The standard InChI is InChI=1S/C16H31N3O3/c1-15(2,3)19-13(20)10-7-8-11(17)12(9-10)18-14(21)22-16(4,5)6/h10-12H,7-9,17H2,1-6H3,(H,18,21)(H,19,20)/t10-,11-,12+/m0/s1. The minimum atomic E-state index is -0.550. The molecule has 0 spiro atoms. The summed E-state index contributed by atoms with van der Waals surface area (Å²) in [6, 6.07) is -0.384. The molecule has 22 heavy (non-hydrogen) atoms. The van der Waals surface area contributed by atoms with Gasteiger partial charge in [-0.2, -0.15) is 0 Å². The third-order valence-electron chi connectivity index (χ3n) is 3.47. The van der Waals surface area contributed by atoms with Gasteiger partial charge in [0.25, 0.3) is 0 Å². The normalized spacial score (nSPS) is 26.2. The maximum absolute atomic E-state index is 12.3. The Kier molecular flexibility index (Phi) is 5.84. The average molecular weight is 313 g/mol. The van der Waals surface area contributed by atoms with E-state index in [1.807, 2.05) is 41.5 Å². The van der Waals surface area contributed by atoms with Gasteiger partial charge in [-0.25, -0.2) is 4.79 Å². The van der Waals surface area contributed by atoms with E-state index in [-0.39, 0.29) is 29.4 Å². The minimum Gasteiger partial charge on any atom is -0.444 e. The van der Waals surface area contributed by atoms with E-state index in [0.29, 0.717) is 12.8 Å². The van der Waals surface area contributed by atoms with Crippen molar-refractivity contribution in [1.82, 2.24) is 10.6 Å². The molecule has 0 aromatic carbocycles. The van der Waals surface area contributed by atoms with Gasteiger partial charge in [-0.1, -0.05) is 0 Å². The molecule has 2 amide bonds. The summed E-state index contributed by atoms with van der Waals surface area (Å²) in [6.07, 6.45) is 1.52. The number of carbonyl (C=O) groups excluding carboxylic acids is 2. The molecule has 0 bridgehead atoms. The Balaban J connectivity index is 2.60. The van der Waals surface area contributed by atoms with E-state index in [9.17, 15) is 9.59 Å². The molecule has 0 aromatic rings. The second-order valence-corrected chi connectivity index (χ2v) is 8.17. The predicted molar refractivity (Wildman–Crippen MR) is 86.4 cm³/mol. The number of nitrogens with one attached hydrogen (secondary N) is 2. The zero-order chi connectivity index (χ0) is 17.1. The summed E-state index contributed by atoms with van der Waals surface area (Å²) in [7, 11) is 0. The van der Waals surface area contributed by atoms with Gasteiger partial charge in [0.05, 0.1) is 0 Å². The van der Waals surface area contributed by atoms with Gasteiger partial charge in [-0.15, -0.1) is 0 Å². The van der Waals surface area contributed by atoms with E-state index < -0.39 is 11.7 Å². The summed E-state index contributed by atoms with van der Waals surface area (Å²) in [5, 5.41) is 5.80. The highest BCUT2D eigenvalue weighted by molar-refractivity contribution is 5.79. The van der Waals surface area contributed by atoms with Crippen LogP contribution in [0.1, 0.15) is 60.8 Å². The Labute approximate surface area is 133 Å². The molecule has 1 fully saturated rings. The van der Waals surface area contributed by atoms with Gasteiger partial charge in [0.1, 0.15) is 5.60 Å². The molecule has 4 N–H and O–H groups in total. The number of alkyl carbamates (subject to hydrolysis) is 1. The number of ether oxygens (including phenoxy) is 1. The molecule has 0 heterocycles. The second kappa shape index (κ2) is 6.86. The Morgan fingerprint density at radius 2 is 1.68 bits per heavy atom. The average Bonchev–Trinajstić information content (AvgIpc) is 2.27. The molecule has 1 aliphatic carbocycles. The second-order valence-electron chi connectivity index (χ2n) is 8.17. The highest BCUT2D eigenvalue weighted by atomic mass is 16.6. The van der Waals surface area contributed by atoms with Crippen LogP contribution in [0.15, 0.2) is 0 Å². The summed E-state index contributed by atoms with van der Waals surface area (Å²) in [5.74, 6) is -0.102. The van der Waals surface area contributed by atoms with Crippen LogP contribution in [0, 0.1) is 5.92 Å². The Bertz CT molecular complexity index is 410. The smallest absolute Gasteiger partial charge is 0.407 e. The van der Waals surface area contributed by atoms with E-state index in [0.717, 1.165) is 6.42 Å². The lowest BCUT2D eigenvalue weighted by atomic mass is 9.82. The molecule has 128 valence electrons. The fourth-order valence-electron chi connectivity index (χ4n) is 2.53. The molecule has 1 aliphatic rings. The zero-order valence-electron chi connectivity index (χ0n) is 14.7. The van der Waals surface area contributed by atoms with E-state index in [4.69, 9.17) is 10.5 Å². The fourth-order valence-corrected chi connectivity index (χ4v) is 2.53. The highest BCUT2D eigenvalue weighted by Crippen LogP contribution is 2.25. The monoisotopic (exact) mass is 313 g/mol. The lowest BCUT2D eigenvalue weighted by molar-refractivity contribution is -0.127. The van der Waals surface area contributed by atoms with E-state index in [2.05, 4.69) is 10.6 Å². The summed E-state index contributed by atoms with van der Waals surface area (Å²) in [5.41, 5.74) is 5.27. The molecule has 6 nitrogen and oxygen atoms in total. The van der Waals surface area contributed by atoms with Crippen LogP contribution in [0.4, 0.5) is 4.79 Å². The van der Waals surface area contributed by atoms with Crippen molar-refractivity contribution in [2.45, 2.75) is 84.0 Å². The van der Waals surface area contributed by atoms with Crippen molar-refractivity contribution in [2.75, 3.05) is 0 Å². The summed E-state index contributed by atoms with van der Waals surface area (Å²) >= 11 is 0. The Hall–Kier alpha value is -1.30. The third kappa shape index (κ3) is 6.64. The first-order chi connectivity index (χ1) is 9.87. The van der Waals surface area contributed by atoms with Gasteiger partial charge in [-0.3, -0.25) is 4.79 Å². The van der Waals surface area contributed by atoms with Crippen LogP contribution in [0.3, 0.4) is 0 Å². The maximum atomic E-state index is 12.3. The van der Waals surface area contributed by atoms with Crippen molar-refractivity contribution >= 4 is 12.0 Å². The summed E-state index contributed by atoms with van der Waals surface area (Å²) < 4.78 is 5.26. The van der Waals surface area contributed by atoms with Crippen LogP contribution in [0.25, 0.3) is 0 Å². The first-order valence-corrected chi connectivity index (χ1v) is 7.94. The van der Waals surface area contributed by atoms with Crippen LogP contribution in [-0.4, -0.2) is 35.2 Å². The maximum Gasteiger partial charge on any atom is 0.407 e. The molecular formula is C16H31N3O3. The SMILES string of the molecule is CC(C)(C)NC(=O)[C@H]1CC[C@H](N)[C@H](NC(=O)OC(C)(C)C)C1. The zero-order valence-corrected chi connectivity index (χ0v) is 14.7. The number of hydrogen-bond acceptors (Lipinski definition) is 4. The first kappa shape index (κ1) is 18.7. The topological polar surface area (TPSA) is 93.5 Å². The van der Waals surface area contributed by atoms with Gasteiger partial charge in [-0.05, 0) is 60.8 Å². The highest BCUT2D eigenvalue weighted by Gasteiger charge is 2.34. The first-order valence-electron chi connectivity index (χ1n) is 7.94. The van der Waals surface area contributed by atoms with Crippen LogP contribution in [-0.2, 0) is 9.53 Å². The molecule has 1 saturated carbocycles. The molecule has 1 rings (SSSR count). The van der Waals surface area contributed by atoms with Crippen molar-refractivity contribution in [2.24, 2.45) is 11.7 Å². The molecule has 0 unspecified atom stereocenters. The predicted octanol–water partition coefficient (Wildman–Crippen LogP) is 1.92. The number of carbonyl (C=O) groups is 2. The molecule has 0 saturated heterocycles. The molecule has 0 radical (unpaired) electrons. The van der Waals surface area contributed by atoms with Crippen LogP contribution in [0.5, 0.6) is 0 Å². The Morgan fingerprint density at radius 3 is 2.18 bits per heavy atom. The van der Waals surface area contributed by atoms with Crippen molar-refractivity contribution < 1.29 is 14.3 Å². The van der Waals surface area contributed by atoms with Crippen LogP contribution >= 0.6 is 0 Å². The third-order valence-corrected chi connectivity index (χ3v) is 3.47. The van der Waals surface area contributed by atoms with Gasteiger partial charge >= 0.3 is 6.09 Å². The summed E-state index contributed by atoms with van der Waals surface area (Å²) in [4.78, 5) is 24.2. The van der Waals surface area contributed by atoms with E-state index in [1.165, 1.54) is 0 Å². The van der Waals surface area contributed by atoms with Crippen molar-refractivity contribution in [3.63, 3.8) is 0 Å². The molecule has 3 atom stereocenters. The quantitative estimate of drug-likeness (QED) is 0.726. The summed E-state index contributed by atoms with van der Waals surface area (Å²) in [6.45, 7) is 11.3.